The second-order valence-corrected chi connectivity index (χ2v) is 5.09. The van der Waals surface area contributed by atoms with Crippen LogP contribution in [0.5, 0.6) is 0 Å². The molecule has 1 amide bonds. The van der Waals surface area contributed by atoms with Crippen molar-refractivity contribution in [3.63, 3.8) is 0 Å². The smallest absolute Gasteiger partial charge is 0.230 e. The van der Waals surface area contributed by atoms with E-state index in [2.05, 4.69) is 26.1 Å². The van der Waals surface area contributed by atoms with E-state index in [9.17, 15) is 4.79 Å². The number of aliphatic hydroxyl groups is 1. The summed E-state index contributed by atoms with van der Waals surface area (Å²) in [5.41, 5.74) is 0. The Balaban J connectivity index is 3.78. The van der Waals surface area contributed by atoms with E-state index in [1.165, 1.54) is 0 Å². The summed E-state index contributed by atoms with van der Waals surface area (Å²) < 4.78 is 0. The van der Waals surface area contributed by atoms with Crippen LogP contribution in [-0.2, 0) is 4.79 Å². The zero-order valence-corrected chi connectivity index (χ0v) is 10.8. The lowest BCUT2D eigenvalue weighted by Gasteiger charge is -2.21. The Bertz CT molecular complexity index is 174. The van der Waals surface area contributed by atoms with Crippen LogP contribution in [0.3, 0.4) is 0 Å². The molecule has 15 heavy (non-hydrogen) atoms. The SMILES string of the molecule is CCCSCC(=O)NC(CCO)C(C)C. The van der Waals surface area contributed by atoms with Gasteiger partial charge in [-0.05, 0) is 24.5 Å². The van der Waals surface area contributed by atoms with Crippen molar-refractivity contribution < 1.29 is 9.90 Å². The molecule has 90 valence electrons. The summed E-state index contributed by atoms with van der Waals surface area (Å²) in [6.45, 7) is 6.35. The Morgan fingerprint density at radius 1 is 1.47 bits per heavy atom. The van der Waals surface area contributed by atoms with Crippen LogP contribution in [0.2, 0.25) is 0 Å². The molecule has 0 aromatic rings. The van der Waals surface area contributed by atoms with Crippen molar-refractivity contribution in [2.45, 2.75) is 39.7 Å². The highest BCUT2D eigenvalue weighted by molar-refractivity contribution is 7.99. The number of carbonyl (C=O) groups is 1. The Hall–Kier alpha value is -0.220. The van der Waals surface area contributed by atoms with E-state index in [0.717, 1.165) is 12.2 Å². The number of nitrogens with one attached hydrogen (secondary N) is 1. The normalized spacial score (nSPS) is 12.9. The number of hydrogen-bond acceptors (Lipinski definition) is 3. The molecule has 1 atom stereocenters. The quantitative estimate of drug-likeness (QED) is 0.627. The van der Waals surface area contributed by atoms with Gasteiger partial charge in [0.05, 0.1) is 5.75 Å². The predicted octanol–water partition coefficient (Wildman–Crippen LogP) is 1.65. The van der Waals surface area contributed by atoms with Gasteiger partial charge in [0, 0.05) is 12.6 Å². The average molecular weight is 233 g/mol. The average Bonchev–Trinajstić information content (AvgIpc) is 2.17. The third kappa shape index (κ3) is 7.68. The number of hydrogen-bond donors (Lipinski definition) is 2. The molecule has 4 heteroatoms. The molecule has 0 saturated heterocycles. The molecule has 0 rings (SSSR count). The summed E-state index contributed by atoms with van der Waals surface area (Å²) in [6.07, 6.45) is 1.74. The molecule has 1 unspecified atom stereocenters. The van der Waals surface area contributed by atoms with Crippen molar-refractivity contribution in [1.29, 1.82) is 0 Å². The number of aliphatic hydroxyl groups excluding tert-OH is 1. The van der Waals surface area contributed by atoms with Gasteiger partial charge in [-0.1, -0.05) is 20.8 Å². The fourth-order valence-electron chi connectivity index (χ4n) is 1.27. The van der Waals surface area contributed by atoms with Crippen molar-refractivity contribution in [3.05, 3.63) is 0 Å². The third-order valence-electron chi connectivity index (χ3n) is 2.17. The van der Waals surface area contributed by atoms with E-state index in [-0.39, 0.29) is 18.6 Å². The summed E-state index contributed by atoms with van der Waals surface area (Å²) in [7, 11) is 0. The summed E-state index contributed by atoms with van der Waals surface area (Å²) in [5, 5.41) is 11.8. The lowest BCUT2D eigenvalue weighted by atomic mass is 10.0. The van der Waals surface area contributed by atoms with Gasteiger partial charge in [0.15, 0.2) is 0 Å². The van der Waals surface area contributed by atoms with Crippen LogP contribution in [-0.4, -0.2) is 35.2 Å². The van der Waals surface area contributed by atoms with Crippen molar-refractivity contribution >= 4 is 17.7 Å². The first kappa shape index (κ1) is 14.8. The highest BCUT2D eigenvalue weighted by Crippen LogP contribution is 2.07. The second-order valence-electron chi connectivity index (χ2n) is 3.98. The number of rotatable bonds is 8. The van der Waals surface area contributed by atoms with E-state index < -0.39 is 0 Å². The maximum absolute atomic E-state index is 11.5. The van der Waals surface area contributed by atoms with Gasteiger partial charge >= 0.3 is 0 Å². The molecule has 0 aliphatic rings. The van der Waals surface area contributed by atoms with Crippen LogP contribution < -0.4 is 5.32 Å². The maximum Gasteiger partial charge on any atom is 0.230 e. The molecular formula is C11H23NO2S. The zero-order valence-electron chi connectivity index (χ0n) is 9.95. The molecule has 0 heterocycles. The fraction of sp³-hybridized carbons (Fsp3) is 0.909. The third-order valence-corrected chi connectivity index (χ3v) is 3.34. The predicted molar refractivity (Wildman–Crippen MR) is 66.1 cm³/mol. The van der Waals surface area contributed by atoms with Crippen LogP contribution in [0.15, 0.2) is 0 Å². The van der Waals surface area contributed by atoms with Crippen LogP contribution in [0.1, 0.15) is 33.6 Å². The van der Waals surface area contributed by atoms with Crippen molar-refractivity contribution in [3.8, 4) is 0 Å². The number of thioether (sulfide) groups is 1. The minimum Gasteiger partial charge on any atom is -0.396 e. The lowest BCUT2D eigenvalue weighted by molar-refractivity contribution is -0.119. The second kappa shape index (κ2) is 9.04. The first-order valence-corrected chi connectivity index (χ1v) is 6.75. The molecule has 0 aliphatic carbocycles. The highest BCUT2D eigenvalue weighted by atomic mass is 32.2. The molecule has 0 bridgehead atoms. The zero-order chi connectivity index (χ0) is 11.7. The van der Waals surface area contributed by atoms with Gasteiger partial charge in [0.25, 0.3) is 0 Å². The van der Waals surface area contributed by atoms with E-state index in [0.29, 0.717) is 18.1 Å². The Labute approximate surface area is 97.0 Å². The molecule has 2 N–H and O–H groups in total. The van der Waals surface area contributed by atoms with Gasteiger partial charge in [-0.2, -0.15) is 11.8 Å². The minimum atomic E-state index is 0.0839. The van der Waals surface area contributed by atoms with Crippen molar-refractivity contribution in [2.75, 3.05) is 18.1 Å². The molecule has 0 spiro atoms. The molecule has 0 aromatic heterocycles. The molecule has 0 fully saturated rings. The van der Waals surface area contributed by atoms with E-state index in [1.807, 2.05) is 0 Å². The van der Waals surface area contributed by atoms with Crippen LogP contribution in [0.25, 0.3) is 0 Å². The van der Waals surface area contributed by atoms with Crippen LogP contribution in [0, 0.1) is 5.92 Å². The molecule has 0 radical (unpaired) electrons. The number of carbonyl (C=O) groups excluding carboxylic acids is 1. The van der Waals surface area contributed by atoms with Crippen LogP contribution >= 0.6 is 11.8 Å². The molecule has 0 aliphatic heterocycles. The van der Waals surface area contributed by atoms with Gasteiger partial charge in [-0.15, -0.1) is 0 Å². The maximum atomic E-state index is 11.5. The summed E-state index contributed by atoms with van der Waals surface area (Å²) in [4.78, 5) is 11.5. The van der Waals surface area contributed by atoms with Gasteiger partial charge in [0.2, 0.25) is 5.91 Å². The topological polar surface area (TPSA) is 49.3 Å². The molecular weight excluding hydrogens is 210 g/mol. The van der Waals surface area contributed by atoms with Crippen molar-refractivity contribution in [2.24, 2.45) is 5.92 Å². The Morgan fingerprint density at radius 3 is 2.60 bits per heavy atom. The first-order chi connectivity index (χ1) is 7.11. The van der Waals surface area contributed by atoms with E-state index >= 15 is 0 Å². The molecule has 3 nitrogen and oxygen atoms in total. The fourth-order valence-corrected chi connectivity index (χ4v) is 1.97. The lowest BCUT2D eigenvalue weighted by Crippen LogP contribution is -2.40. The van der Waals surface area contributed by atoms with E-state index in [4.69, 9.17) is 5.11 Å². The van der Waals surface area contributed by atoms with Crippen molar-refractivity contribution in [1.82, 2.24) is 5.32 Å². The first-order valence-electron chi connectivity index (χ1n) is 5.59. The van der Waals surface area contributed by atoms with Crippen LogP contribution in [0.4, 0.5) is 0 Å². The summed E-state index contributed by atoms with van der Waals surface area (Å²) >= 11 is 1.66. The molecule has 0 saturated carbocycles. The summed E-state index contributed by atoms with van der Waals surface area (Å²) in [6, 6.07) is 0.102. The number of amides is 1. The van der Waals surface area contributed by atoms with Gasteiger partial charge in [0.1, 0.15) is 0 Å². The van der Waals surface area contributed by atoms with Gasteiger partial charge < -0.3 is 10.4 Å². The Kier molecular flexibility index (Phi) is 8.91. The van der Waals surface area contributed by atoms with E-state index in [1.54, 1.807) is 11.8 Å². The summed E-state index contributed by atoms with van der Waals surface area (Å²) in [5.74, 6) is 2.01. The molecule has 0 aromatic carbocycles. The largest absolute Gasteiger partial charge is 0.396 e. The monoisotopic (exact) mass is 233 g/mol. The standard InChI is InChI=1S/C11H23NO2S/c1-4-7-15-8-11(14)12-10(5-6-13)9(2)3/h9-10,13H,4-8H2,1-3H3,(H,12,14). The Morgan fingerprint density at radius 2 is 2.13 bits per heavy atom. The van der Waals surface area contributed by atoms with Gasteiger partial charge in [-0.25, -0.2) is 0 Å². The highest BCUT2D eigenvalue weighted by Gasteiger charge is 2.14. The van der Waals surface area contributed by atoms with Gasteiger partial charge in [-0.3, -0.25) is 4.79 Å². The minimum absolute atomic E-state index is 0.0839.